The van der Waals surface area contributed by atoms with Gasteiger partial charge in [0.25, 0.3) is 0 Å². The lowest BCUT2D eigenvalue weighted by atomic mass is 9.69. The lowest BCUT2D eigenvalue weighted by molar-refractivity contribution is -0.127. The molecule has 0 aromatic heterocycles. The maximum absolute atomic E-state index is 11.4. The second kappa shape index (κ2) is 2.20. The first kappa shape index (κ1) is 7.08. The van der Waals surface area contributed by atoms with Crippen molar-refractivity contribution in [3.05, 3.63) is 12.2 Å². The third-order valence-corrected chi connectivity index (χ3v) is 3.19. The van der Waals surface area contributed by atoms with E-state index >= 15 is 0 Å². The molecular formula is C10H14O. The molecule has 11 heavy (non-hydrogen) atoms. The number of carbonyl (C=O) groups is 1. The predicted molar refractivity (Wildman–Crippen MR) is 44.2 cm³/mol. The number of Topliss-reactive ketones (excluding diaryl/α,β-unsaturated/α-hetero) is 1. The standard InChI is InChI=1S/C10H14O/c1-10-6-2-4-8(10)9(11)5-3-7-10/h2,6,8H,3-5,7H2,1H3/t8-,10+/m1/s1. The molecule has 2 rings (SSSR count). The second-order valence-corrected chi connectivity index (χ2v) is 4.02. The molecule has 0 heterocycles. The van der Waals surface area contributed by atoms with Gasteiger partial charge in [-0.25, -0.2) is 0 Å². The molecule has 0 bridgehead atoms. The lowest BCUT2D eigenvalue weighted by Gasteiger charge is -2.33. The van der Waals surface area contributed by atoms with Gasteiger partial charge >= 0.3 is 0 Å². The average Bonchev–Trinajstić information content (AvgIpc) is 2.31. The van der Waals surface area contributed by atoms with Crippen molar-refractivity contribution < 1.29 is 4.79 Å². The van der Waals surface area contributed by atoms with Crippen LogP contribution in [0, 0.1) is 11.3 Å². The number of ketones is 1. The maximum Gasteiger partial charge on any atom is 0.137 e. The molecule has 0 aromatic carbocycles. The maximum atomic E-state index is 11.4. The molecule has 2 aliphatic carbocycles. The van der Waals surface area contributed by atoms with Gasteiger partial charge in [-0.2, -0.15) is 0 Å². The summed E-state index contributed by atoms with van der Waals surface area (Å²) in [6.07, 6.45) is 8.54. The van der Waals surface area contributed by atoms with Gasteiger partial charge in [0.15, 0.2) is 0 Å². The fraction of sp³-hybridized carbons (Fsp3) is 0.700. The number of carbonyl (C=O) groups excluding carboxylic acids is 1. The fourth-order valence-corrected chi connectivity index (χ4v) is 2.43. The zero-order chi connectivity index (χ0) is 7.90. The van der Waals surface area contributed by atoms with Crippen LogP contribution in [0.25, 0.3) is 0 Å². The minimum Gasteiger partial charge on any atom is -0.299 e. The minimum atomic E-state index is 0.231. The van der Waals surface area contributed by atoms with E-state index in [0.29, 0.717) is 11.7 Å². The summed E-state index contributed by atoms with van der Waals surface area (Å²) < 4.78 is 0. The first-order valence-electron chi connectivity index (χ1n) is 4.43. The van der Waals surface area contributed by atoms with Crippen molar-refractivity contribution in [2.45, 2.75) is 32.6 Å². The quantitative estimate of drug-likeness (QED) is 0.484. The van der Waals surface area contributed by atoms with E-state index in [1.54, 1.807) is 0 Å². The predicted octanol–water partition coefficient (Wildman–Crippen LogP) is 2.32. The van der Waals surface area contributed by atoms with E-state index in [-0.39, 0.29) is 5.41 Å². The topological polar surface area (TPSA) is 17.1 Å². The highest BCUT2D eigenvalue weighted by molar-refractivity contribution is 5.83. The second-order valence-electron chi connectivity index (χ2n) is 4.02. The van der Waals surface area contributed by atoms with Crippen molar-refractivity contribution in [2.75, 3.05) is 0 Å². The van der Waals surface area contributed by atoms with E-state index in [9.17, 15) is 4.79 Å². The van der Waals surface area contributed by atoms with Crippen LogP contribution in [0.2, 0.25) is 0 Å². The Balaban J connectivity index is 2.27. The average molecular weight is 150 g/mol. The van der Waals surface area contributed by atoms with Gasteiger partial charge in [-0.3, -0.25) is 4.79 Å². The molecule has 1 saturated carbocycles. The summed E-state index contributed by atoms with van der Waals surface area (Å²) in [6.45, 7) is 2.22. The van der Waals surface area contributed by atoms with E-state index in [2.05, 4.69) is 19.1 Å². The molecule has 60 valence electrons. The van der Waals surface area contributed by atoms with Gasteiger partial charge in [0.1, 0.15) is 5.78 Å². The van der Waals surface area contributed by atoms with Crippen LogP contribution in [-0.4, -0.2) is 5.78 Å². The summed E-state index contributed by atoms with van der Waals surface area (Å²) >= 11 is 0. The molecule has 0 radical (unpaired) electrons. The normalized spacial score (nSPS) is 42.6. The zero-order valence-electron chi connectivity index (χ0n) is 6.97. The third kappa shape index (κ3) is 0.943. The Morgan fingerprint density at radius 1 is 1.64 bits per heavy atom. The highest BCUT2D eigenvalue weighted by Gasteiger charge is 2.41. The van der Waals surface area contributed by atoms with Crippen LogP contribution >= 0.6 is 0 Å². The molecule has 0 N–H and O–H groups in total. The summed E-state index contributed by atoms with van der Waals surface area (Å²) in [5.74, 6) is 0.819. The number of allylic oxidation sites excluding steroid dienone is 2. The molecule has 0 aromatic rings. The van der Waals surface area contributed by atoms with Gasteiger partial charge in [-0.1, -0.05) is 19.1 Å². The van der Waals surface area contributed by atoms with Crippen molar-refractivity contribution in [3.63, 3.8) is 0 Å². The summed E-state index contributed by atoms with van der Waals surface area (Å²) in [7, 11) is 0. The number of fused-ring (bicyclic) bond motifs is 1. The zero-order valence-corrected chi connectivity index (χ0v) is 6.97. The monoisotopic (exact) mass is 150 g/mol. The molecule has 1 fully saturated rings. The van der Waals surface area contributed by atoms with E-state index in [1.165, 1.54) is 6.42 Å². The SMILES string of the molecule is C[C@@]12C=CC[C@@H]1C(=O)CCC2. The van der Waals surface area contributed by atoms with Crippen LogP contribution in [0.1, 0.15) is 32.6 Å². The van der Waals surface area contributed by atoms with Crippen molar-refractivity contribution >= 4 is 5.78 Å². The van der Waals surface area contributed by atoms with E-state index in [0.717, 1.165) is 19.3 Å². The van der Waals surface area contributed by atoms with Crippen molar-refractivity contribution in [1.29, 1.82) is 0 Å². The van der Waals surface area contributed by atoms with Gasteiger partial charge in [-0.05, 0) is 24.7 Å². The Bertz CT molecular complexity index is 217. The van der Waals surface area contributed by atoms with Crippen LogP contribution in [0.3, 0.4) is 0 Å². The molecule has 0 spiro atoms. The Morgan fingerprint density at radius 3 is 3.18 bits per heavy atom. The number of hydrogen-bond acceptors (Lipinski definition) is 1. The molecule has 0 unspecified atom stereocenters. The van der Waals surface area contributed by atoms with E-state index in [1.807, 2.05) is 0 Å². The summed E-state index contributed by atoms with van der Waals surface area (Å²) in [5, 5.41) is 0. The van der Waals surface area contributed by atoms with E-state index < -0.39 is 0 Å². The van der Waals surface area contributed by atoms with Crippen LogP contribution < -0.4 is 0 Å². The van der Waals surface area contributed by atoms with Crippen LogP contribution in [0.5, 0.6) is 0 Å². The van der Waals surface area contributed by atoms with Crippen molar-refractivity contribution in [3.8, 4) is 0 Å². The van der Waals surface area contributed by atoms with E-state index in [4.69, 9.17) is 0 Å². The smallest absolute Gasteiger partial charge is 0.137 e. The fourth-order valence-electron chi connectivity index (χ4n) is 2.43. The third-order valence-electron chi connectivity index (χ3n) is 3.19. The number of rotatable bonds is 0. The van der Waals surface area contributed by atoms with Crippen molar-refractivity contribution in [2.24, 2.45) is 11.3 Å². The Labute approximate surface area is 67.5 Å². The van der Waals surface area contributed by atoms with Crippen LogP contribution in [-0.2, 0) is 4.79 Å². The lowest BCUT2D eigenvalue weighted by Crippen LogP contribution is -2.32. The van der Waals surface area contributed by atoms with Gasteiger partial charge in [0.05, 0.1) is 0 Å². The van der Waals surface area contributed by atoms with Crippen molar-refractivity contribution in [1.82, 2.24) is 0 Å². The molecule has 0 aliphatic heterocycles. The largest absolute Gasteiger partial charge is 0.299 e. The minimum absolute atomic E-state index is 0.231. The highest BCUT2D eigenvalue weighted by atomic mass is 16.1. The summed E-state index contributed by atoms with van der Waals surface area (Å²) in [6, 6.07) is 0. The Morgan fingerprint density at radius 2 is 2.45 bits per heavy atom. The molecule has 1 heteroatoms. The molecule has 2 aliphatic rings. The van der Waals surface area contributed by atoms with Crippen LogP contribution in [0.4, 0.5) is 0 Å². The molecule has 1 nitrogen and oxygen atoms in total. The molecule has 0 saturated heterocycles. The number of hydrogen-bond donors (Lipinski definition) is 0. The molecule has 2 atom stereocenters. The first-order valence-corrected chi connectivity index (χ1v) is 4.43. The van der Waals surface area contributed by atoms with Gasteiger partial charge in [-0.15, -0.1) is 0 Å². The van der Waals surface area contributed by atoms with Gasteiger partial charge < -0.3 is 0 Å². The highest BCUT2D eigenvalue weighted by Crippen LogP contribution is 2.45. The Hall–Kier alpha value is -0.590. The van der Waals surface area contributed by atoms with Gasteiger partial charge in [0.2, 0.25) is 0 Å². The molecular weight excluding hydrogens is 136 g/mol. The van der Waals surface area contributed by atoms with Crippen LogP contribution in [0.15, 0.2) is 12.2 Å². The molecule has 0 amide bonds. The van der Waals surface area contributed by atoms with Gasteiger partial charge in [0, 0.05) is 12.3 Å². The summed E-state index contributed by atoms with van der Waals surface area (Å²) in [4.78, 5) is 11.4. The Kier molecular flexibility index (Phi) is 1.41. The summed E-state index contributed by atoms with van der Waals surface area (Å²) in [5.41, 5.74) is 0.231. The first-order chi connectivity index (χ1) is 5.22.